The molecule has 0 radical (unpaired) electrons. The van der Waals surface area contributed by atoms with E-state index in [2.05, 4.69) is 17.1 Å². The Hall–Kier alpha value is -2.57. The molecule has 2 heterocycles. The van der Waals surface area contributed by atoms with E-state index in [1.807, 2.05) is 23.1 Å². The molecule has 3 aromatic rings. The summed E-state index contributed by atoms with van der Waals surface area (Å²) in [5.74, 6) is 0.157. The highest BCUT2D eigenvalue weighted by atomic mass is 32.1. The average Bonchev–Trinajstić information content (AvgIpc) is 3.37. The van der Waals surface area contributed by atoms with E-state index < -0.39 is 0 Å². The molecule has 4 rings (SSSR count). The number of carbonyl (C=O) groups excluding carboxylic acids is 1. The monoisotopic (exact) mass is 395 g/mol. The van der Waals surface area contributed by atoms with Gasteiger partial charge in [-0.15, -0.1) is 11.3 Å². The number of amides is 1. The molecule has 1 aliphatic heterocycles. The first-order valence-corrected chi connectivity index (χ1v) is 10.3. The first kappa shape index (κ1) is 18.8. The van der Waals surface area contributed by atoms with E-state index in [1.165, 1.54) is 23.0 Å². The van der Waals surface area contributed by atoms with Crippen LogP contribution >= 0.6 is 11.3 Å². The van der Waals surface area contributed by atoms with Crippen LogP contribution in [0.4, 0.5) is 4.39 Å². The number of aromatic nitrogens is 1. The number of thiazole rings is 1. The van der Waals surface area contributed by atoms with Crippen molar-refractivity contribution < 1.29 is 9.18 Å². The smallest absolute Gasteiger partial charge is 0.273 e. The van der Waals surface area contributed by atoms with Gasteiger partial charge in [-0.05, 0) is 29.7 Å². The highest BCUT2D eigenvalue weighted by molar-refractivity contribution is 7.09. The van der Waals surface area contributed by atoms with E-state index in [0.717, 1.165) is 5.01 Å². The van der Waals surface area contributed by atoms with Crippen molar-refractivity contribution in [1.82, 2.24) is 9.88 Å². The normalized spacial score (nSPS) is 19.1. The first-order chi connectivity index (χ1) is 13.7. The summed E-state index contributed by atoms with van der Waals surface area (Å²) in [6.07, 6.45) is 0.392. The molecule has 28 heavy (non-hydrogen) atoms. The van der Waals surface area contributed by atoms with Crippen LogP contribution < -0.4 is 5.73 Å². The van der Waals surface area contributed by atoms with Gasteiger partial charge in [-0.25, -0.2) is 9.37 Å². The molecule has 1 aromatic heterocycles. The Morgan fingerprint density at radius 1 is 1.14 bits per heavy atom. The molecule has 0 spiro atoms. The topological polar surface area (TPSA) is 59.2 Å². The Kier molecular flexibility index (Phi) is 5.50. The second kappa shape index (κ2) is 8.20. The minimum atomic E-state index is -0.249. The maximum Gasteiger partial charge on any atom is 0.273 e. The van der Waals surface area contributed by atoms with E-state index in [1.54, 1.807) is 23.6 Å². The summed E-state index contributed by atoms with van der Waals surface area (Å²) >= 11 is 1.39. The number of hydrogen-bond donors (Lipinski definition) is 1. The van der Waals surface area contributed by atoms with Gasteiger partial charge in [0.15, 0.2) is 0 Å². The Labute approximate surface area is 167 Å². The summed E-state index contributed by atoms with van der Waals surface area (Å²) in [5, 5.41) is 2.51. The molecule has 0 unspecified atom stereocenters. The molecule has 1 amide bonds. The molecule has 0 saturated carbocycles. The molecule has 2 aromatic carbocycles. The largest absolute Gasteiger partial charge is 0.336 e. The minimum absolute atomic E-state index is 0.0760. The van der Waals surface area contributed by atoms with Crippen LogP contribution in [0.5, 0.6) is 0 Å². The predicted molar refractivity (Wildman–Crippen MR) is 109 cm³/mol. The van der Waals surface area contributed by atoms with Gasteiger partial charge in [0.1, 0.15) is 11.5 Å². The zero-order chi connectivity index (χ0) is 19.5. The van der Waals surface area contributed by atoms with E-state index in [9.17, 15) is 9.18 Å². The summed E-state index contributed by atoms with van der Waals surface area (Å²) < 4.78 is 13.9. The van der Waals surface area contributed by atoms with Crippen LogP contribution in [0.1, 0.15) is 32.5 Å². The van der Waals surface area contributed by atoms with Crippen molar-refractivity contribution in [2.45, 2.75) is 12.3 Å². The summed E-state index contributed by atoms with van der Waals surface area (Å²) in [5.41, 5.74) is 8.21. The lowest BCUT2D eigenvalue weighted by Gasteiger charge is -2.16. The van der Waals surface area contributed by atoms with Crippen molar-refractivity contribution >= 4 is 17.2 Å². The standard InChI is InChI=1S/C22H22FN3OS/c23-19-9-5-4-8-16(19)10-21-25-20(14-28-21)22(27)26-12-17(11-24)18(13-26)15-6-2-1-3-7-15/h1-9,14,17-18H,10-13,24H2/t17-,18+/m1/s1. The summed E-state index contributed by atoms with van der Waals surface area (Å²) in [6, 6.07) is 16.9. The van der Waals surface area contributed by atoms with E-state index in [-0.39, 0.29) is 23.6 Å². The Balaban J connectivity index is 1.48. The van der Waals surface area contributed by atoms with Gasteiger partial charge in [-0.2, -0.15) is 0 Å². The molecular formula is C22H22FN3OS. The highest BCUT2D eigenvalue weighted by Gasteiger charge is 2.36. The molecule has 2 atom stereocenters. The molecule has 6 heteroatoms. The lowest BCUT2D eigenvalue weighted by Crippen LogP contribution is -2.30. The number of nitrogens with zero attached hydrogens (tertiary/aromatic N) is 2. The lowest BCUT2D eigenvalue weighted by atomic mass is 9.89. The third-order valence-corrected chi connectivity index (χ3v) is 6.18. The van der Waals surface area contributed by atoms with Gasteiger partial charge in [0.05, 0.1) is 5.01 Å². The molecule has 0 bridgehead atoms. The third-order valence-electron chi connectivity index (χ3n) is 5.33. The molecule has 1 fully saturated rings. The van der Waals surface area contributed by atoms with Crippen LogP contribution in [0, 0.1) is 11.7 Å². The fourth-order valence-corrected chi connectivity index (χ4v) is 4.60. The number of benzene rings is 2. The van der Waals surface area contributed by atoms with Crippen molar-refractivity contribution in [3.05, 3.63) is 87.6 Å². The van der Waals surface area contributed by atoms with Gasteiger partial charge >= 0.3 is 0 Å². The molecule has 1 aliphatic rings. The quantitative estimate of drug-likeness (QED) is 0.717. The molecule has 2 N–H and O–H groups in total. The van der Waals surface area contributed by atoms with E-state index in [4.69, 9.17) is 5.73 Å². The molecule has 144 valence electrons. The fraction of sp³-hybridized carbons (Fsp3) is 0.273. The van der Waals surface area contributed by atoms with Gasteiger partial charge in [-0.1, -0.05) is 48.5 Å². The van der Waals surface area contributed by atoms with E-state index in [0.29, 0.717) is 37.3 Å². The third kappa shape index (κ3) is 3.84. The average molecular weight is 396 g/mol. The van der Waals surface area contributed by atoms with Crippen molar-refractivity contribution in [1.29, 1.82) is 0 Å². The van der Waals surface area contributed by atoms with Crippen LogP contribution in [0.25, 0.3) is 0 Å². The Morgan fingerprint density at radius 3 is 2.64 bits per heavy atom. The summed E-state index contributed by atoms with van der Waals surface area (Å²) in [6.45, 7) is 1.82. The molecular weight excluding hydrogens is 373 g/mol. The lowest BCUT2D eigenvalue weighted by molar-refractivity contribution is 0.0781. The SMILES string of the molecule is NC[C@@H]1CN(C(=O)c2csc(Cc3ccccc3F)n2)C[C@H]1c1ccccc1. The van der Waals surface area contributed by atoms with Crippen LogP contribution in [-0.4, -0.2) is 35.4 Å². The predicted octanol–water partition coefficient (Wildman–Crippen LogP) is 3.69. The van der Waals surface area contributed by atoms with Crippen molar-refractivity contribution in [3.63, 3.8) is 0 Å². The highest BCUT2D eigenvalue weighted by Crippen LogP contribution is 2.33. The maximum atomic E-state index is 13.9. The Morgan fingerprint density at radius 2 is 1.89 bits per heavy atom. The number of halogens is 1. The number of likely N-dealkylation sites (tertiary alicyclic amines) is 1. The fourth-order valence-electron chi connectivity index (χ4n) is 3.81. The molecule has 0 aliphatic carbocycles. The van der Waals surface area contributed by atoms with Crippen LogP contribution in [0.3, 0.4) is 0 Å². The molecule has 1 saturated heterocycles. The van der Waals surface area contributed by atoms with Crippen LogP contribution in [0.15, 0.2) is 60.0 Å². The number of hydrogen-bond acceptors (Lipinski definition) is 4. The van der Waals surface area contributed by atoms with Gasteiger partial charge < -0.3 is 10.6 Å². The van der Waals surface area contributed by atoms with Gasteiger partial charge in [0, 0.05) is 30.8 Å². The number of rotatable bonds is 5. The second-order valence-corrected chi connectivity index (χ2v) is 8.06. The van der Waals surface area contributed by atoms with Crippen molar-refractivity contribution in [3.8, 4) is 0 Å². The number of carbonyl (C=O) groups is 1. The van der Waals surface area contributed by atoms with Gasteiger partial charge in [-0.3, -0.25) is 4.79 Å². The van der Waals surface area contributed by atoms with Crippen molar-refractivity contribution in [2.75, 3.05) is 19.6 Å². The second-order valence-electron chi connectivity index (χ2n) is 7.12. The van der Waals surface area contributed by atoms with Crippen LogP contribution in [0.2, 0.25) is 0 Å². The summed E-state index contributed by atoms with van der Waals surface area (Å²) in [4.78, 5) is 19.3. The van der Waals surface area contributed by atoms with Crippen LogP contribution in [-0.2, 0) is 6.42 Å². The van der Waals surface area contributed by atoms with Gasteiger partial charge in [0.25, 0.3) is 5.91 Å². The maximum absolute atomic E-state index is 13.9. The number of nitrogens with two attached hydrogens (primary N) is 1. The minimum Gasteiger partial charge on any atom is -0.336 e. The zero-order valence-electron chi connectivity index (χ0n) is 15.4. The van der Waals surface area contributed by atoms with E-state index >= 15 is 0 Å². The summed E-state index contributed by atoms with van der Waals surface area (Å²) in [7, 11) is 0. The van der Waals surface area contributed by atoms with Crippen molar-refractivity contribution in [2.24, 2.45) is 11.7 Å². The molecule has 4 nitrogen and oxygen atoms in total. The Bertz CT molecular complexity index is 959. The zero-order valence-corrected chi connectivity index (χ0v) is 16.2. The van der Waals surface area contributed by atoms with Gasteiger partial charge in [0.2, 0.25) is 0 Å². The first-order valence-electron chi connectivity index (χ1n) is 9.38.